The van der Waals surface area contributed by atoms with Gasteiger partial charge in [-0.15, -0.1) is 0 Å². The number of nitro groups is 1. The van der Waals surface area contributed by atoms with Crippen LogP contribution in [0, 0.1) is 10.1 Å². The van der Waals surface area contributed by atoms with Gasteiger partial charge in [0.25, 0.3) is 5.69 Å². The summed E-state index contributed by atoms with van der Waals surface area (Å²) in [6.07, 6.45) is 53.7. The van der Waals surface area contributed by atoms with Gasteiger partial charge in [0.05, 0.1) is 4.92 Å². The van der Waals surface area contributed by atoms with E-state index in [2.05, 4.69) is 112 Å². The number of hydrogen-bond donors (Lipinski definition) is 2. The Morgan fingerprint density at radius 2 is 0.586 bits per heavy atom. The predicted octanol–water partition coefficient (Wildman–Crippen LogP) is 26.4. The molecule has 3 aromatic heterocycles. The summed E-state index contributed by atoms with van der Waals surface area (Å²) in [7, 11) is 0. The molecule has 0 aliphatic carbocycles. The van der Waals surface area contributed by atoms with Gasteiger partial charge in [-0.05, 0) is 146 Å². The number of nitro benzene ring substituents is 1. The van der Waals surface area contributed by atoms with Crippen LogP contribution in [0.4, 0.5) is 5.69 Å². The third-order valence-electron chi connectivity index (χ3n) is 21.2. The number of rotatable bonds is 45. The summed E-state index contributed by atoms with van der Waals surface area (Å²) in [6.45, 7) is 13.8. The number of nitrogens with zero attached hydrogens (tertiary/aromatic N) is 7. The molecular weight excluding hydrogens is 1220 g/mol. The molecule has 0 fully saturated rings. The Labute approximate surface area is 593 Å². The number of fused-ring (bicyclic) bond motifs is 20. The van der Waals surface area contributed by atoms with Gasteiger partial charge in [-0.25, -0.2) is 29.9 Å². The zero-order chi connectivity index (χ0) is 69.0. The van der Waals surface area contributed by atoms with Gasteiger partial charge in [-0.1, -0.05) is 289 Å². The summed E-state index contributed by atoms with van der Waals surface area (Å²) < 4.78 is 0. The predicted molar refractivity (Wildman–Crippen MR) is 421 cm³/mol. The van der Waals surface area contributed by atoms with Gasteiger partial charge in [0, 0.05) is 55.9 Å². The van der Waals surface area contributed by atoms with Crippen molar-refractivity contribution in [2.45, 2.75) is 311 Å². The second kappa shape index (κ2) is 39.6. The maximum absolute atomic E-state index is 11.6. The Hall–Kier alpha value is -7.40. The molecule has 8 bridgehead atoms. The van der Waals surface area contributed by atoms with Crippen LogP contribution in [0.5, 0.6) is 0 Å². The topological polar surface area (TPSA) is 152 Å². The maximum atomic E-state index is 11.6. The van der Waals surface area contributed by atoms with Crippen LogP contribution in [0.1, 0.15) is 317 Å². The number of nitrogens with one attached hydrogen (secondary N) is 2. The molecule has 10 rings (SSSR count). The van der Waals surface area contributed by atoms with Crippen LogP contribution >= 0.6 is 0 Å². The smallest absolute Gasteiger partial charge is 0.269 e. The molecule has 2 N–H and O–H groups in total. The van der Waals surface area contributed by atoms with Crippen molar-refractivity contribution in [3.63, 3.8) is 0 Å². The highest BCUT2D eigenvalue weighted by molar-refractivity contribution is 6.12. The van der Waals surface area contributed by atoms with E-state index in [1.165, 1.54) is 242 Å². The minimum atomic E-state index is -0.350. The second-order valence-corrected chi connectivity index (χ2v) is 29.1. The van der Waals surface area contributed by atoms with E-state index in [4.69, 9.17) is 29.9 Å². The standard InChI is InChI=1S/C88H119N9O2/c1-7-13-19-25-31-37-43-66-54-56-68(45-39-33-27-21-15-9-3)77-75(66)83-90-81-73-62-53-65(50-49-64-51-60-72(61-52-64)97(98)99)63-74(73)82(89-81)91-84-76-67(44-38-32-26-20-14-8-2)55-57-69(46-40-34-28-22-16-10-4)78(76)86(93-84)95-88-80-71(48-42-36-30-24-18-12-6)59-58-70(47-41-35-29-23-17-11-5)79(80)87(96-88)94-85(77)92-83/h49-63H,7-48H2,1-6H3,(H2,89,90,91,92,93,94,95,96)/b50-49+. The number of H-pyrrole nitrogens is 2. The van der Waals surface area contributed by atoms with Gasteiger partial charge >= 0.3 is 0 Å². The normalized spacial score (nSPS) is 12.1. The number of benzene rings is 5. The minimum Gasteiger partial charge on any atom is -0.324 e. The first-order chi connectivity index (χ1) is 48.7. The van der Waals surface area contributed by atoms with Gasteiger partial charge in [0.15, 0.2) is 23.3 Å². The van der Waals surface area contributed by atoms with Crippen LogP contribution in [0.15, 0.2) is 78.9 Å². The molecular formula is C88H119N9O2. The fourth-order valence-electron chi connectivity index (χ4n) is 15.4. The molecule has 0 atom stereocenters. The van der Waals surface area contributed by atoms with E-state index in [1.807, 2.05) is 6.08 Å². The summed E-state index contributed by atoms with van der Waals surface area (Å²) in [6, 6.07) is 27.8. The summed E-state index contributed by atoms with van der Waals surface area (Å²) in [5.41, 5.74) is 17.0. The van der Waals surface area contributed by atoms with Crippen molar-refractivity contribution in [3.8, 4) is 45.6 Å². The fraction of sp³-hybridized carbons (Fsp3) is 0.545. The number of non-ortho nitro benzene ring substituents is 1. The minimum absolute atomic E-state index is 0.0705. The maximum Gasteiger partial charge on any atom is 0.269 e. The van der Waals surface area contributed by atoms with Crippen LogP contribution < -0.4 is 0 Å². The second-order valence-electron chi connectivity index (χ2n) is 29.1. The lowest BCUT2D eigenvalue weighted by Crippen LogP contribution is -1.98. The third kappa shape index (κ3) is 20.2. The lowest BCUT2D eigenvalue weighted by Gasteiger charge is -2.13. The quantitative estimate of drug-likeness (QED) is 0.0166. The average molecular weight is 1330 g/mol. The van der Waals surface area contributed by atoms with Crippen molar-refractivity contribution in [3.05, 3.63) is 133 Å². The third-order valence-corrected chi connectivity index (χ3v) is 21.2. The molecule has 99 heavy (non-hydrogen) atoms. The van der Waals surface area contributed by atoms with Crippen molar-refractivity contribution in [1.29, 1.82) is 0 Å². The average Bonchev–Trinajstić information content (AvgIpc) is 1.59. The summed E-state index contributed by atoms with van der Waals surface area (Å²) in [5, 5.41) is 16.3. The number of hydrogen-bond acceptors (Lipinski definition) is 8. The van der Waals surface area contributed by atoms with Crippen LogP contribution in [0.2, 0.25) is 0 Å². The molecule has 5 heterocycles. The number of unbranched alkanes of at least 4 members (excludes halogenated alkanes) is 30. The Bertz CT molecular complexity index is 4080. The van der Waals surface area contributed by atoms with Crippen LogP contribution in [-0.4, -0.2) is 44.8 Å². The molecule has 11 nitrogen and oxygen atoms in total. The van der Waals surface area contributed by atoms with Gasteiger partial charge in [0.2, 0.25) is 0 Å². The summed E-state index contributed by atoms with van der Waals surface area (Å²) in [5.74, 6) is 2.55. The van der Waals surface area contributed by atoms with E-state index in [0.717, 1.165) is 138 Å². The zero-order valence-corrected chi connectivity index (χ0v) is 61.8. The molecule has 0 saturated carbocycles. The van der Waals surface area contributed by atoms with Gasteiger partial charge in [-0.2, -0.15) is 0 Å². The SMILES string of the molecule is CCCCCCCCc1ccc(CCCCCCCC)c2c1-c1nc3nc(nc4[nH]c(nc5[nH]c(nc-2n1)c1c(CCCCCCCC)ccc(CCCCCCCC)c51)c1c(CCCCCCCC)ccc(CCCCCCCC)c41)-c1ccc(/C=C/c2ccc([N+](=O)[O-])cc2)cc1-3. The van der Waals surface area contributed by atoms with Crippen molar-refractivity contribution in [2.75, 3.05) is 0 Å². The highest BCUT2D eigenvalue weighted by Gasteiger charge is 2.29. The van der Waals surface area contributed by atoms with Gasteiger partial charge in [-0.3, -0.25) is 10.1 Å². The molecule has 0 saturated heterocycles. The van der Waals surface area contributed by atoms with E-state index < -0.39 is 0 Å². The Morgan fingerprint density at radius 3 is 0.970 bits per heavy atom. The number of aryl methyl sites for hydroxylation is 6. The lowest BCUT2D eigenvalue weighted by atomic mass is 9.91. The van der Waals surface area contributed by atoms with Crippen LogP contribution in [0.25, 0.3) is 102 Å². The van der Waals surface area contributed by atoms with Crippen LogP contribution in [0.3, 0.4) is 0 Å². The molecule has 2 aliphatic rings. The molecule has 2 aliphatic heterocycles. The first-order valence-electron chi connectivity index (χ1n) is 40.1. The first kappa shape index (κ1) is 74.3. The van der Waals surface area contributed by atoms with Crippen molar-refractivity contribution in [2.24, 2.45) is 0 Å². The Morgan fingerprint density at radius 1 is 0.303 bits per heavy atom. The Kier molecular flexibility index (Phi) is 29.7. The highest BCUT2D eigenvalue weighted by Crippen LogP contribution is 2.44. The van der Waals surface area contributed by atoms with Crippen molar-refractivity contribution >= 4 is 62.0 Å². The molecule has 0 radical (unpaired) electrons. The van der Waals surface area contributed by atoms with Crippen molar-refractivity contribution < 1.29 is 4.92 Å². The molecule has 0 unspecified atom stereocenters. The van der Waals surface area contributed by atoms with E-state index >= 15 is 0 Å². The summed E-state index contributed by atoms with van der Waals surface area (Å²) in [4.78, 5) is 54.5. The monoisotopic (exact) mass is 1330 g/mol. The Balaban J connectivity index is 1.29. The molecule has 0 amide bonds. The first-order valence-corrected chi connectivity index (χ1v) is 40.1. The van der Waals surface area contributed by atoms with Gasteiger partial charge < -0.3 is 9.97 Å². The van der Waals surface area contributed by atoms with Gasteiger partial charge in [0.1, 0.15) is 22.6 Å². The fourth-order valence-corrected chi connectivity index (χ4v) is 15.4. The van der Waals surface area contributed by atoms with E-state index in [-0.39, 0.29) is 10.6 Å². The molecule has 11 heteroatoms. The van der Waals surface area contributed by atoms with E-state index in [0.29, 0.717) is 23.3 Å². The molecule has 528 valence electrons. The van der Waals surface area contributed by atoms with Crippen molar-refractivity contribution in [1.82, 2.24) is 39.9 Å². The van der Waals surface area contributed by atoms with E-state index in [9.17, 15) is 10.1 Å². The molecule has 8 aromatic rings. The zero-order valence-electron chi connectivity index (χ0n) is 61.8. The lowest BCUT2D eigenvalue weighted by molar-refractivity contribution is -0.384. The largest absolute Gasteiger partial charge is 0.324 e. The number of aromatic nitrogens is 8. The number of aromatic amines is 2. The van der Waals surface area contributed by atoms with E-state index in [1.54, 1.807) is 24.3 Å². The van der Waals surface area contributed by atoms with Crippen LogP contribution in [-0.2, 0) is 38.5 Å². The summed E-state index contributed by atoms with van der Waals surface area (Å²) >= 11 is 0. The highest BCUT2D eigenvalue weighted by atomic mass is 16.6. The molecule has 0 spiro atoms. The molecule has 5 aromatic carbocycles.